The summed E-state index contributed by atoms with van der Waals surface area (Å²) in [5.41, 5.74) is 8.86. The van der Waals surface area contributed by atoms with Gasteiger partial charge in [-0.15, -0.1) is 0 Å². The first-order valence-electron chi connectivity index (χ1n) is 11.0. The summed E-state index contributed by atoms with van der Waals surface area (Å²) >= 11 is 0. The van der Waals surface area contributed by atoms with Crippen molar-refractivity contribution in [3.8, 4) is 16.8 Å². The van der Waals surface area contributed by atoms with Crippen molar-refractivity contribution in [1.29, 1.82) is 0 Å². The summed E-state index contributed by atoms with van der Waals surface area (Å²) in [7, 11) is 0. The third-order valence-electron chi connectivity index (χ3n) is 6.63. The molecule has 33 heavy (non-hydrogen) atoms. The molecule has 0 spiro atoms. The lowest BCUT2D eigenvalue weighted by Gasteiger charge is -2.41. The van der Waals surface area contributed by atoms with Crippen LogP contribution in [0, 0.1) is 0 Å². The van der Waals surface area contributed by atoms with Gasteiger partial charge in [0.1, 0.15) is 17.8 Å². The molecule has 3 N–H and O–H groups in total. The average Bonchev–Trinajstić information content (AvgIpc) is 3.19. The number of pyridine rings is 1. The number of anilines is 1. The Balaban J connectivity index is 1.54. The van der Waals surface area contributed by atoms with E-state index in [1.807, 2.05) is 67.7 Å². The quantitative estimate of drug-likeness (QED) is 0.443. The van der Waals surface area contributed by atoms with Gasteiger partial charge >= 0.3 is 0 Å². The molecule has 0 amide bonds. The first-order valence-corrected chi connectivity index (χ1v) is 11.0. The lowest BCUT2D eigenvalue weighted by atomic mass is 9.77. The fraction of sp³-hybridized carbons (Fsp3) is 0.192. The monoisotopic (exact) mass is 437 g/mol. The third-order valence-corrected chi connectivity index (χ3v) is 6.63. The van der Waals surface area contributed by atoms with Crippen molar-refractivity contribution < 1.29 is 5.11 Å². The van der Waals surface area contributed by atoms with Crippen molar-refractivity contribution in [3.05, 3.63) is 83.7 Å². The van der Waals surface area contributed by atoms with Gasteiger partial charge in [0.15, 0.2) is 0 Å². The molecule has 2 aromatic carbocycles. The van der Waals surface area contributed by atoms with Gasteiger partial charge in [-0.3, -0.25) is 9.36 Å². The molecule has 0 radical (unpaired) electrons. The Morgan fingerprint density at radius 3 is 2.64 bits per heavy atom. The molecule has 1 fully saturated rings. The number of nitrogens with zero attached hydrogens (tertiary/aromatic N) is 4. The van der Waals surface area contributed by atoms with Crippen molar-refractivity contribution in [1.82, 2.24) is 19.1 Å². The van der Waals surface area contributed by atoms with Crippen molar-refractivity contribution in [2.24, 2.45) is 0 Å². The predicted octanol–water partition coefficient (Wildman–Crippen LogP) is 4.07. The van der Waals surface area contributed by atoms with E-state index in [1.54, 1.807) is 10.8 Å². The summed E-state index contributed by atoms with van der Waals surface area (Å²) in [5.74, 6) is 0.398. The number of nitrogen functional groups attached to an aromatic ring is 1. The second-order valence-electron chi connectivity index (χ2n) is 9.10. The van der Waals surface area contributed by atoms with E-state index in [4.69, 9.17) is 5.73 Å². The molecule has 1 aliphatic rings. The van der Waals surface area contributed by atoms with E-state index in [0.29, 0.717) is 24.0 Å². The van der Waals surface area contributed by atoms with Gasteiger partial charge in [0.25, 0.3) is 5.56 Å². The van der Waals surface area contributed by atoms with Gasteiger partial charge in [0.2, 0.25) is 0 Å². The normalized spacial score (nSPS) is 20.2. The summed E-state index contributed by atoms with van der Waals surface area (Å²) in [6.45, 7) is 1.85. The molecule has 6 rings (SSSR count). The van der Waals surface area contributed by atoms with Crippen LogP contribution >= 0.6 is 0 Å². The van der Waals surface area contributed by atoms with E-state index in [9.17, 15) is 9.90 Å². The van der Waals surface area contributed by atoms with Crippen molar-refractivity contribution in [2.45, 2.75) is 31.4 Å². The van der Waals surface area contributed by atoms with Crippen LogP contribution < -0.4 is 11.3 Å². The molecule has 7 nitrogen and oxygen atoms in total. The fourth-order valence-electron chi connectivity index (χ4n) is 4.96. The highest BCUT2D eigenvalue weighted by atomic mass is 16.3. The highest BCUT2D eigenvalue weighted by Gasteiger charge is 2.40. The van der Waals surface area contributed by atoms with Gasteiger partial charge in [-0.05, 0) is 55.0 Å². The zero-order valence-electron chi connectivity index (χ0n) is 18.1. The molecule has 0 unspecified atom stereocenters. The fourth-order valence-corrected chi connectivity index (χ4v) is 4.96. The third kappa shape index (κ3) is 3.12. The van der Waals surface area contributed by atoms with E-state index in [-0.39, 0.29) is 11.6 Å². The Labute approximate surface area is 189 Å². The smallest absolute Gasteiger partial charge is 0.262 e. The molecule has 3 heterocycles. The van der Waals surface area contributed by atoms with Gasteiger partial charge < -0.3 is 15.4 Å². The predicted molar refractivity (Wildman–Crippen MR) is 129 cm³/mol. The average molecular weight is 438 g/mol. The van der Waals surface area contributed by atoms with E-state index in [0.717, 1.165) is 33.2 Å². The molecule has 0 bridgehead atoms. The number of para-hydroxylation sites is 1. The van der Waals surface area contributed by atoms with E-state index in [2.05, 4.69) is 14.5 Å². The van der Waals surface area contributed by atoms with Gasteiger partial charge in [-0.25, -0.2) is 9.97 Å². The number of fused-ring (bicyclic) bond motifs is 2. The highest BCUT2D eigenvalue weighted by molar-refractivity contribution is 6.02. The Bertz CT molecular complexity index is 1580. The Kier molecular flexibility index (Phi) is 4.19. The number of benzene rings is 2. The largest absolute Gasteiger partial charge is 0.390 e. The first-order chi connectivity index (χ1) is 15.9. The van der Waals surface area contributed by atoms with Crippen LogP contribution in [0.25, 0.3) is 38.6 Å². The summed E-state index contributed by atoms with van der Waals surface area (Å²) in [6, 6.07) is 17.5. The number of rotatable bonds is 3. The van der Waals surface area contributed by atoms with Crippen molar-refractivity contribution in [3.63, 3.8) is 0 Å². The SMILES string of the molecule is CC1(O)CC(n2cc(-c3ccc4ccn(-c5ccccc5)c(=O)c4c3)c3c(N)ncnc32)C1. The number of hydrogen-bond acceptors (Lipinski definition) is 5. The van der Waals surface area contributed by atoms with Gasteiger partial charge in [0.05, 0.1) is 11.0 Å². The maximum Gasteiger partial charge on any atom is 0.262 e. The van der Waals surface area contributed by atoms with Gasteiger partial charge in [-0.2, -0.15) is 0 Å². The number of aliphatic hydroxyl groups is 1. The topological polar surface area (TPSA) is 99.0 Å². The molecule has 0 atom stereocenters. The van der Waals surface area contributed by atoms with E-state index in [1.165, 1.54) is 6.33 Å². The molecular formula is C26H23N5O2. The van der Waals surface area contributed by atoms with Crippen molar-refractivity contribution in [2.75, 3.05) is 5.73 Å². The highest BCUT2D eigenvalue weighted by Crippen LogP contribution is 2.44. The standard InChI is InChI=1S/C26H23N5O2/c1-26(33)12-19(13-26)31-14-21(22-23(27)28-15-29-24(22)31)17-8-7-16-9-10-30(25(32)20(16)11-17)18-5-3-2-4-6-18/h2-11,14-15,19,33H,12-13H2,1H3,(H2,27,28,29). The minimum atomic E-state index is -0.661. The summed E-state index contributed by atoms with van der Waals surface area (Å²) in [5, 5.41) is 12.5. The molecule has 1 aliphatic carbocycles. The Hall–Kier alpha value is -3.97. The van der Waals surface area contributed by atoms with Crippen molar-refractivity contribution >= 4 is 27.6 Å². The van der Waals surface area contributed by atoms with Crippen LogP contribution in [0.2, 0.25) is 0 Å². The molecule has 1 saturated carbocycles. The maximum atomic E-state index is 13.4. The minimum Gasteiger partial charge on any atom is -0.390 e. The summed E-state index contributed by atoms with van der Waals surface area (Å²) < 4.78 is 3.74. The molecule has 0 saturated heterocycles. The van der Waals surface area contributed by atoms with Gasteiger partial charge in [0, 0.05) is 35.1 Å². The molecule has 3 aromatic heterocycles. The molecule has 5 aromatic rings. The summed E-state index contributed by atoms with van der Waals surface area (Å²) in [6.07, 6.45) is 6.60. The van der Waals surface area contributed by atoms with Crippen LogP contribution in [0.15, 0.2) is 78.1 Å². The van der Waals surface area contributed by atoms with Crippen LogP contribution in [0.1, 0.15) is 25.8 Å². The van der Waals surface area contributed by atoms with Gasteiger partial charge in [-0.1, -0.05) is 30.3 Å². The van der Waals surface area contributed by atoms with Crippen LogP contribution in [-0.2, 0) is 0 Å². The van der Waals surface area contributed by atoms with Crippen LogP contribution in [0.3, 0.4) is 0 Å². The number of nitrogens with two attached hydrogens (primary N) is 1. The Morgan fingerprint density at radius 2 is 1.88 bits per heavy atom. The lowest BCUT2D eigenvalue weighted by Crippen LogP contribution is -2.41. The Morgan fingerprint density at radius 1 is 1.09 bits per heavy atom. The zero-order chi connectivity index (χ0) is 22.7. The molecular weight excluding hydrogens is 414 g/mol. The van der Waals surface area contributed by atoms with E-state index < -0.39 is 5.60 Å². The lowest BCUT2D eigenvalue weighted by molar-refractivity contribution is -0.0498. The van der Waals surface area contributed by atoms with Crippen LogP contribution in [0.4, 0.5) is 5.82 Å². The second-order valence-corrected chi connectivity index (χ2v) is 9.10. The molecule has 164 valence electrons. The first kappa shape index (κ1) is 19.7. The second kappa shape index (κ2) is 7.02. The zero-order valence-corrected chi connectivity index (χ0v) is 18.1. The summed E-state index contributed by atoms with van der Waals surface area (Å²) in [4.78, 5) is 22.1. The number of aromatic nitrogens is 4. The van der Waals surface area contributed by atoms with E-state index >= 15 is 0 Å². The molecule has 7 heteroatoms. The maximum absolute atomic E-state index is 13.4. The minimum absolute atomic E-state index is 0.0800. The number of hydrogen-bond donors (Lipinski definition) is 2. The molecule has 0 aliphatic heterocycles. The van der Waals surface area contributed by atoms with Crippen LogP contribution in [0.5, 0.6) is 0 Å². The van der Waals surface area contributed by atoms with Crippen LogP contribution in [-0.4, -0.2) is 29.8 Å².